The lowest BCUT2D eigenvalue weighted by atomic mass is 9.65. The van der Waals surface area contributed by atoms with Gasteiger partial charge in [0, 0.05) is 49.1 Å². The van der Waals surface area contributed by atoms with E-state index >= 15 is 0 Å². The van der Waals surface area contributed by atoms with Crippen LogP contribution in [0.5, 0.6) is 11.5 Å². The monoisotopic (exact) mass is 991 g/mol. The van der Waals surface area contributed by atoms with E-state index in [9.17, 15) is 0 Å². The maximum atomic E-state index is 7.17. The first kappa shape index (κ1) is 43.6. The van der Waals surface area contributed by atoms with Gasteiger partial charge >= 0.3 is 0 Å². The van der Waals surface area contributed by atoms with Crippen LogP contribution in [-0.4, -0.2) is 0 Å². The lowest BCUT2D eigenvalue weighted by Gasteiger charge is -2.42. The second-order valence-corrected chi connectivity index (χ2v) is 22.9. The number of rotatable bonds is 4. The highest BCUT2D eigenvalue weighted by Gasteiger charge is 2.53. The van der Waals surface area contributed by atoms with Gasteiger partial charge < -0.3 is 14.1 Å². The molecule has 4 aliphatic rings. The van der Waals surface area contributed by atoms with Crippen molar-refractivity contribution in [2.45, 2.75) is 46.8 Å². The Labute approximate surface area is 446 Å². The van der Waals surface area contributed by atoms with Crippen LogP contribution in [0, 0.1) is 0 Å². The van der Waals surface area contributed by atoms with Crippen LogP contribution >= 0.6 is 11.8 Å². The van der Waals surface area contributed by atoms with Gasteiger partial charge in [0.05, 0.1) is 16.5 Å². The number of nitrogens with zero attached hydrogens (tertiary/aromatic N) is 1. The average molecular weight is 992 g/mol. The van der Waals surface area contributed by atoms with Crippen molar-refractivity contribution in [2.75, 3.05) is 4.90 Å². The van der Waals surface area contributed by atoms with Crippen molar-refractivity contribution < 1.29 is 9.15 Å². The van der Waals surface area contributed by atoms with Crippen molar-refractivity contribution in [1.82, 2.24) is 0 Å². The van der Waals surface area contributed by atoms with Crippen LogP contribution in [0.3, 0.4) is 0 Å². The second kappa shape index (κ2) is 15.8. The fourth-order valence-electron chi connectivity index (χ4n) is 13.8. The normalized spacial score (nSPS) is 14.5. The molecule has 0 amide bonds. The van der Waals surface area contributed by atoms with E-state index in [-0.39, 0.29) is 5.41 Å². The number of fused-ring (bicyclic) bond motifs is 21. The average Bonchev–Trinajstić information content (AvgIpc) is 4.23. The molecule has 2 aliphatic carbocycles. The van der Waals surface area contributed by atoms with Crippen molar-refractivity contribution >= 4 is 50.8 Å². The van der Waals surface area contributed by atoms with Gasteiger partial charge in [-0.3, -0.25) is 0 Å². The van der Waals surface area contributed by atoms with Crippen LogP contribution in [-0.2, 0) is 16.2 Å². The molecule has 0 atom stereocenters. The van der Waals surface area contributed by atoms with Crippen molar-refractivity contribution in [3.63, 3.8) is 0 Å². The summed E-state index contributed by atoms with van der Waals surface area (Å²) in [6, 6.07) is 90.0. The minimum atomic E-state index is -0.680. The maximum absolute atomic E-state index is 7.17. The van der Waals surface area contributed by atoms with Crippen LogP contribution in [0.1, 0.15) is 70.8 Å². The van der Waals surface area contributed by atoms with Gasteiger partial charge in [-0.15, -0.1) is 0 Å². The van der Waals surface area contributed by atoms with Gasteiger partial charge in [-0.2, -0.15) is 0 Å². The van der Waals surface area contributed by atoms with E-state index < -0.39 is 10.8 Å². The molecule has 0 N–H and O–H groups in total. The van der Waals surface area contributed by atoms with Crippen LogP contribution in [0.25, 0.3) is 55.3 Å². The summed E-state index contributed by atoms with van der Waals surface area (Å²) in [5.74, 6) is 1.74. The Bertz CT molecular complexity index is 4330. The Morgan fingerprint density at radius 2 is 0.908 bits per heavy atom. The number of anilines is 3. The summed E-state index contributed by atoms with van der Waals surface area (Å²) in [5.41, 5.74) is 22.1. The molecule has 12 aromatic rings. The molecule has 3 nitrogen and oxygen atoms in total. The largest absolute Gasteiger partial charge is 0.457 e. The van der Waals surface area contributed by atoms with Gasteiger partial charge in [0.15, 0.2) is 0 Å². The van der Waals surface area contributed by atoms with Gasteiger partial charge in [0.25, 0.3) is 0 Å². The van der Waals surface area contributed by atoms with Crippen LogP contribution in [0.15, 0.2) is 257 Å². The third-order valence-corrected chi connectivity index (χ3v) is 18.2. The van der Waals surface area contributed by atoms with Gasteiger partial charge in [-0.25, -0.2) is 0 Å². The molecule has 4 heteroatoms. The first-order valence-corrected chi connectivity index (χ1v) is 27.2. The third-order valence-electron chi connectivity index (χ3n) is 17.0. The molecular weight excluding hydrogens is 943 g/mol. The number of hydrogen-bond acceptors (Lipinski definition) is 4. The van der Waals surface area contributed by atoms with Crippen LogP contribution in [0.2, 0.25) is 0 Å². The molecule has 2 aliphatic heterocycles. The van der Waals surface area contributed by atoms with Crippen LogP contribution in [0.4, 0.5) is 17.1 Å². The van der Waals surface area contributed by atoms with Gasteiger partial charge in [-0.05, 0) is 138 Å². The van der Waals surface area contributed by atoms with Crippen LogP contribution < -0.4 is 9.64 Å². The SMILES string of the molecule is CC(C)(C)c1ccc2c(c1)C1(c3cc(N(c4ccc5c(c4)oc4cccc(-c6ccccc6)c45)c4cccc5c4Sc4ccccc4C54c5ccccc5-c5ccccc54)ccc3O2)c2ccccc2-c2ccccc21. The lowest BCUT2D eigenvalue weighted by molar-refractivity contribution is 0.435. The molecule has 11 aromatic carbocycles. The summed E-state index contributed by atoms with van der Waals surface area (Å²) < 4.78 is 14.1. The Balaban J connectivity index is 0.992. The zero-order chi connectivity index (χ0) is 50.5. The number of benzene rings is 11. The van der Waals surface area contributed by atoms with Crippen molar-refractivity contribution in [2.24, 2.45) is 0 Å². The smallest absolute Gasteiger partial charge is 0.137 e. The minimum absolute atomic E-state index is 0.0929. The number of ether oxygens (including phenoxy) is 1. The summed E-state index contributed by atoms with van der Waals surface area (Å²) in [4.78, 5) is 4.95. The molecule has 2 spiro atoms. The predicted molar refractivity (Wildman–Crippen MR) is 311 cm³/mol. The predicted octanol–water partition coefficient (Wildman–Crippen LogP) is 19.3. The van der Waals surface area contributed by atoms with E-state index in [0.717, 1.165) is 72.8 Å². The quantitative estimate of drug-likeness (QED) is 0.175. The van der Waals surface area contributed by atoms with Crippen molar-refractivity contribution in [1.29, 1.82) is 0 Å². The van der Waals surface area contributed by atoms with Crippen molar-refractivity contribution in [3.05, 3.63) is 293 Å². The number of hydrogen-bond donors (Lipinski definition) is 0. The fourth-order valence-corrected chi connectivity index (χ4v) is 15.1. The highest BCUT2D eigenvalue weighted by molar-refractivity contribution is 7.99. The molecule has 0 radical (unpaired) electrons. The molecule has 0 unspecified atom stereocenters. The van der Waals surface area contributed by atoms with E-state index in [1.165, 1.54) is 71.0 Å². The third kappa shape index (κ3) is 5.80. The van der Waals surface area contributed by atoms with E-state index in [2.05, 4.69) is 268 Å². The Morgan fingerprint density at radius 3 is 1.57 bits per heavy atom. The van der Waals surface area contributed by atoms with E-state index in [1.807, 2.05) is 11.8 Å². The topological polar surface area (TPSA) is 25.6 Å². The minimum Gasteiger partial charge on any atom is -0.457 e. The van der Waals surface area contributed by atoms with Gasteiger partial charge in [-0.1, -0.05) is 208 Å². The Hall–Kier alpha value is -8.83. The second-order valence-electron chi connectivity index (χ2n) is 21.8. The maximum Gasteiger partial charge on any atom is 0.137 e. The zero-order valence-corrected chi connectivity index (χ0v) is 43.1. The first-order chi connectivity index (χ1) is 37.3. The van der Waals surface area contributed by atoms with E-state index in [4.69, 9.17) is 9.15 Å². The molecule has 0 saturated heterocycles. The summed E-state index contributed by atoms with van der Waals surface area (Å²) in [5, 5.41) is 2.20. The Morgan fingerprint density at radius 1 is 0.395 bits per heavy atom. The molecule has 0 saturated carbocycles. The molecule has 360 valence electrons. The highest BCUT2D eigenvalue weighted by Crippen LogP contribution is 2.66. The molecule has 3 heterocycles. The summed E-state index contributed by atoms with van der Waals surface area (Å²) in [6.45, 7) is 6.91. The first-order valence-electron chi connectivity index (χ1n) is 26.4. The molecule has 1 aromatic heterocycles. The standard InChI is InChI=1S/C72H49NO2S/c1-70(2,3)45-35-39-63-60(41-45)72(56-28-13-9-23-51(56)52-24-10-14-29-57(52)72)61-42-46(37-40-64(61)74-63)73(47-36-38-53-66(43-47)75-65-33-17-25-48(68(53)65)44-19-5-4-6-20-44)62-32-18-31-59-69(62)76-67-34-16-15-30-58(67)71(59)54-26-11-7-21-49(54)50-22-8-12-27-55(50)71/h4-43H,1-3H3. The molecule has 76 heavy (non-hydrogen) atoms. The Kier molecular flexibility index (Phi) is 9.08. The fraction of sp³-hybridized carbons (Fsp3) is 0.0833. The van der Waals surface area contributed by atoms with Gasteiger partial charge in [0.1, 0.15) is 22.7 Å². The summed E-state index contributed by atoms with van der Waals surface area (Å²) >= 11 is 1.88. The number of furan rings is 1. The molecule has 0 bridgehead atoms. The molecular formula is C72H49NO2S. The lowest BCUT2D eigenvalue weighted by Crippen LogP contribution is -2.33. The molecule has 0 fully saturated rings. The highest BCUT2D eigenvalue weighted by atomic mass is 32.2. The van der Waals surface area contributed by atoms with Gasteiger partial charge in [0.2, 0.25) is 0 Å². The van der Waals surface area contributed by atoms with Crippen molar-refractivity contribution in [3.8, 4) is 44.9 Å². The van der Waals surface area contributed by atoms with E-state index in [1.54, 1.807) is 0 Å². The summed E-state index contributed by atoms with van der Waals surface area (Å²) in [7, 11) is 0. The molecule has 16 rings (SSSR count). The van der Waals surface area contributed by atoms with E-state index in [0.29, 0.717) is 0 Å². The summed E-state index contributed by atoms with van der Waals surface area (Å²) in [6.07, 6.45) is 0. The zero-order valence-electron chi connectivity index (χ0n) is 42.3.